The van der Waals surface area contributed by atoms with Crippen molar-refractivity contribution in [1.29, 1.82) is 0 Å². The number of hydrogen-bond acceptors (Lipinski definition) is 5. The zero-order chi connectivity index (χ0) is 19.7. The van der Waals surface area contributed by atoms with Gasteiger partial charge < -0.3 is 0 Å². The summed E-state index contributed by atoms with van der Waals surface area (Å²) < 4.78 is 27.7. The first-order chi connectivity index (χ1) is 12.7. The number of ketones is 1. The number of benzene rings is 1. The maximum absolute atomic E-state index is 12.5. The lowest BCUT2D eigenvalue weighted by molar-refractivity contribution is 0.104. The van der Waals surface area contributed by atoms with Gasteiger partial charge in [-0.25, -0.2) is 13.1 Å². The minimum absolute atomic E-state index is 0.0260. The third-order valence-corrected chi connectivity index (χ3v) is 7.47. The quantitative estimate of drug-likeness (QED) is 0.583. The van der Waals surface area contributed by atoms with Crippen molar-refractivity contribution in [3.8, 4) is 0 Å². The largest absolute Gasteiger partial charge is 0.287 e. The second-order valence-corrected chi connectivity index (χ2v) is 11.1. The normalized spacial score (nSPS) is 12.3. The number of rotatable bonds is 6. The molecule has 0 amide bonds. The van der Waals surface area contributed by atoms with Crippen LogP contribution in [0.4, 0.5) is 0 Å². The summed E-state index contributed by atoms with van der Waals surface area (Å²) in [4.78, 5) is 14.7. The Morgan fingerprint density at radius 3 is 2.30 bits per heavy atom. The van der Waals surface area contributed by atoms with Crippen LogP contribution in [-0.4, -0.2) is 14.2 Å². The van der Waals surface area contributed by atoms with Crippen molar-refractivity contribution in [2.45, 2.75) is 37.6 Å². The van der Waals surface area contributed by atoms with Crippen LogP contribution in [0.1, 0.15) is 45.8 Å². The Hall–Kier alpha value is -1.80. The molecule has 0 unspecified atom stereocenters. The molecule has 4 nitrogen and oxygen atoms in total. The van der Waals surface area contributed by atoms with Crippen molar-refractivity contribution in [1.82, 2.24) is 4.72 Å². The Bertz CT molecular complexity index is 1030. The van der Waals surface area contributed by atoms with Crippen molar-refractivity contribution < 1.29 is 13.2 Å². The third-order valence-electron chi connectivity index (χ3n) is 4.10. The molecule has 0 fully saturated rings. The fraction of sp³-hybridized carbons (Fsp3) is 0.250. The highest BCUT2D eigenvalue weighted by molar-refractivity contribution is 7.89. The van der Waals surface area contributed by atoms with Gasteiger partial charge in [0.25, 0.3) is 0 Å². The summed E-state index contributed by atoms with van der Waals surface area (Å²) >= 11 is 2.71. The van der Waals surface area contributed by atoms with Gasteiger partial charge in [0.15, 0.2) is 0 Å². The van der Waals surface area contributed by atoms with E-state index in [1.165, 1.54) is 22.7 Å². The highest BCUT2D eigenvalue weighted by atomic mass is 32.2. The third kappa shape index (κ3) is 4.73. The Morgan fingerprint density at radius 2 is 1.70 bits per heavy atom. The molecule has 0 aliphatic rings. The first-order valence-corrected chi connectivity index (χ1v) is 11.6. The molecule has 0 spiro atoms. The second-order valence-electron chi connectivity index (χ2n) is 7.17. The molecule has 2 aromatic heterocycles. The van der Waals surface area contributed by atoms with Crippen LogP contribution in [0.3, 0.4) is 0 Å². The predicted molar refractivity (Wildman–Crippen MR) is 111 cm³/mol. The van der Waals surface area contributed by atoms with Crippen molar-refractivity contribution in [2.24, 2.45) is 0 Å². The van der Waals surface area contributed by atoms with Gasteiger partial charge in [-0.2, -0.15) is 0 Å². The highest BCUT2D eigenvalue weighted by Crippen LogP contribution is 2.25. The lowest BCUT2D eigenvalue weighted by atomic mass is 9.87. The second kappa shape index (κ2) is 7.67. The van der Waals surface area contributed by atoms with E-state index in [0.717, 1.165) is 10.4 Å². The zero-order valence-corrected chi connectivity index (χ0v) is 17.8. The maximum atomic E-state index is 12.5. The van der Waals surface area contributed by atoms with Crippen LogP contribution in [0.2, 0.25) is 0 Å². The van der Waals surface area contributed by atoms with Gasteiger partial charge >= 0.3 is 0 Å². The monoisotopic (exact) mass is 419 g/mol. The summed E-state index contributed by atoms with van der Waals surface area (Å²) in [5.74, 6) is -0.0260. The van der Waals surface area contributed by atoms with Gasteiger partial charge in [0.2, 0.25) is 15.8 Å². The van der Waals surface area contributed by atoms with E-state index in [-0.39, 0.29) is 22.6 Å². The Morgan fingerprint density at radius 1 is 1.00 bits per heavy atom. The molecule has 1 aromatic carbocycles. The van der Waals surface area contributed by atoms with Crippen LogP contribution < -0.4 is 4.72 Å². The van der Waals surface area contributed by atoms with E-state index in [1.807, 2.05) is 23.6 Å². The van der Waals surface area contributed by atoms with Crippen LogP contribution in [-0.2, 0) is 22.0 Å². The number of thiophene rings is 2. The molecule has 3 aromatic rings. The molecular formula is C20H21NO3S3. The molecule has 7 heteroatoms. The predicted octanol–water partition coefficient (Wildman–Crippen LogP) is 4.82. The highest BCUT2D eigenvalue weighted by Gasteiger charge is 2.18. The Balaban J connectivity index is 1.68. The average molecular weight is 420 g/mol. The molecule has 0 radical (unpaired) electrons. The van der Waals surface area contributed by atoms with E-state index in [4.69, 9.17) is 0 Å². The molecule has 0 aliphatic carbocycles. The molecule has 2 heterocycles. The maximum Gasteiger partial charge on any atom is 0.240 e. The molecule has 0 saturated heterocycles. The lowest BCUT2D eigenvalue weighted by Gasteiger charge is -2.19. The van der Waals surface area contributed by atoms with Crippen LogP contribution in [0.15, 0.2) is 58.8 Å². The Kier molecular flexibility index (Phi) is 5.67. The topological polar surface area (TPSA) is 63.2 Å². The van der Waals surface area contributed by atoms with Crippen molar-refractivity contribution in [3.05, 3.63) is 74.1 Å². The van der Waals surface area contributed by atoms with E-state index in [9.17, 15) is 13.2 Å². The minimum Gasteiger partial charge on any atom is -0.287 e. The first-order valence-electron chi connectivity index (χ1n) is 8.44. The number of hydrogen-bond donors (Lipinski definition) is 1. The Labute approximate surface area is 167 Å². The molecule has 142 valence electrons. The summed E-state index contributed by atoms with van der Waals surface area (Å²) in [6.45, 7) is 6.41. The minimum atomic E-state index is -3.60. The van der Waals surface area contributed by atoms with Gasteiger partial charge in [-0.15, -0.1) is 22.7 Å². The molecule has 0 aliphatic heterocycles. The van der Waals surface area contributed by atoms with E-state index in [1.54, 1.807) is 30.3 Å². The molecule has 27 heavy (non-hydrogen) atoms. The van der Waals surface area contributed by atoms with E-state index < -0.39 is 10.0 Å². The van der Waals surface area contributed by atoms with Crippen molar-refractivity contribution in [3.63, 3.8) is 0 Å². The van der Waals surface area contributed by atoms with Crippen LogP contribution in [0, 0.1) is 0 Å². The number of nitrogens with one attached hydrogen (secondary N) is 1. The zero-order valence-electron chi connectivity index (χ0n) is 15.4. The van der Waals surface area contributed by atoms with Gasteiger partial charge in [-0.1, -0.05) is 39.0 Å². The van der Waals surface area contributed by atoms with Crippen LogP contribution in [0.25, 0.3) is 0 Å². The van der Waals surface area contributed by atoms with Gasteiger partial charge in [0.05, 0.1) is 14.6 Å². The SMILES string of the molecule is CC(C)(C)c1ccc(S(=O)(=O)NCc2ccc(C(=O)c3cccs3)s2)cc1. The van der Waals surface area contributed by atoms with Crippen LogP contribution >= 0.6 is 22.7 Å². The molecule has 0 saturated carbocycles. The number of sulfonamides is 1. The van der Waals surface area contributed by atoms with E-state index in [0.29, 0.717) is 9.75 Å². The standard InChI is InChI=1S/C20H21NO3S3/c1-20(2,3)14-6-9-16(10-7-14)27(23,24)21-13-15-8-11-18(26-15)19(22)17-5-4-12-25-17/h4-12,21H,13H2,1-3H3. The molecule has 0 bridgehead atoms. The molecule has 1 N–H and O–H groups in total. The lowest BCUT2D eigenvalue weighted by Crippen LogP contribution is -2.23. The average Bonchev–Trinajstić information content (AvgIpc) is 3.31. The fourth-order valence-electron chi connectivity index (χ4n) is 2.51. The molecular weight excluding hydrogens is 398 g/mol. The van der Waals surface area contributed by atoms with Crippen molar-refractivity contribution >= 4 is 38.5 Å². The van der Waals surface area contributed by atoms with Gasteiger partial charge in [-0.05, 0) is 46.7 Å². The summed E-state index contributed by atoms with van der Waals surface area (Å²) in [6.07, 6.45) is 0. The van der Waals surface area contributed by atoms with Crippen molar-refractivity contribution in [2.75, 3.05) is 0 Å². The van der Waals surface area contributed by atoms with Gasteiger partial charge in [0.1, 0.15) is 0 Å². The molecule has 0 atom stereocenters. The number of carbonyl (C=O) groups is 1. The fourth-order valence-corrected chi connectivity index (χ4v) is 5.25. The van der Waals surface area contributed by atoms with Gasteiger partial charge in [0, 0.05) is 11.4 Å². The van der Waals surface area contributed by atoms with Gasteiger partial charge in [-0.3, -0.25) is 4.79 Å². The number of carbonyl (C=O) groups excluding carboxylic acids is 1. The smallest absolute Gasteiger partial charge is 0.240 e. The van der Waals surface area contributed by atoms with E-state index >= 15 is 0 Å². The molecule has 3 rings (SSSR count). The van der Waals surface area contributed by atoms with E-state index in [2.05, 4.69) is 25.5 Å². The first kappa shape index (κ1) is 19.9. The van der Waals surface area contributed by atoms with Crippen LogP contribution in [0.5, 0.6) is 0 Å². The summed E-state index contributed by atoms with van der Waals surface area (Å²) in [7, 11) is -3.60. The summed E-state index contributed by atoms with van der Waals surface area (Å²) in [5.41, 5.74) is 1.05. The summed E-state index contributed by atoms with van der Waals surface area (Å²) in [5, 5.41) is 1.86. The summed E-state index contributed by atoms with van der Waals surface area (Å²) in [6, 6.07) is 14.1.